The third kappa shape index (κ3) is 3.32. The van der Waals surface area contributed by atoms with E-state index in [1.54, 1.807) is 0 Å². The molecule has 0 aliphatic carbocycles. The summed E-state index contributed by atoms with van der Waals surface area (Å²) in [4.78, 5) is 24.3. The fourth-order valence-corrected chi connectivity index (χ4v) is 2.12. The molecule has 1 heterocycles. The van der Waals surface area contributed by atoms with E-state index < -0.39 is 5.97 Å². The lowest BCUT2D eigenvalue weighted by Gasteiger charge is -2.35. The summed E-state index contributed by atoms with van der Waals surface area (Å²) in [5, 5.41) is 11.6. The molecule has 1 saturated heterocycles. The number of hydrogen-bond donors (Lipinski definition) is 2. The van der Waals surface area contributed by atoms with Crippen LogP contribution in [0.4, 0.5) is 5.69 Å². The van der Waals surface area contributed by atoms with Crippen molar-refractivity contribution in [3.05, 3.63) is 29.3 Å². The highest BCUT2D eigenvalue weighted by Gasteiger charge is 2.33. The number of hydrogen-bond acceptors (Lipinski definition) is 3. The lowest BCUT2D eigenvalue weighted by Crippen LogP contribution is -2.52. The number of likely N-dealkylation sites (tertiary alicyclic amines) is 1. The van der Waals surface area contributed by atoms with Crippen LogP contribution >= 0.6 is 0 Å². The van der Waals surface area contributed by atoms with Gasteiger partial charge in [-0.2, -0.15) is 0 Å². The van der Waals surface area contributed by atoms with E-state index in [9.17, 15) is 9.59 Å². The fraction of sp³-hybridized carbons (Fsp3) is 0.429. The molecule has 0 atom stereocenters. The maximum Gasteiger partial charge on any atom is 0.309 e. The summed E-state index contributed by atoms with van der Waals surface area (Å²) in [6.45, 7) is 5.07. The Hall–Kier alpha value is -1.88. The van der Waals surface area contributed by atoms with Gasteiger partial charge < -0.3 is 10.4 Å². The SMILES string of the molecule is Cc1ccc(C)c(NC(=O)CN2CC(C(=O)O)C2)c1. The Labute approximate surface area is 112 Å². The summed E-state index contributed by atoms with van der Waals surface area (Å²) < 4.78 is 0. The Morgan fingerprint density at radius 3 is 2.68 bits per heavy atom. The molecule has 1 amide bonds. The van der Waals surface area contributed by atoms with Crippen molar-refractivity contribution >= 4 is 17.6 Å². The third-order valence-electron chi connectivity index (χ3n) is 3.34. The maximum atomic E-state index is 11.9. The number of anilines is 1. The highest BCUT2D eigenvalue weighted by atomic mass is 16.4. The van der Waals surface area contributed by atoms with Crippen molar-refractivity contribution < 1.29 is 14.7 Å². The number of carbonyl (C=O) groups is 2. The van der Waals surface area contributed by atoms with Gasteiger partial charge in [0, 0.05) is 18.8 Å². The number of nitrogens with zero attached hydrogens (tertiary/aromatic N) is 1. The van der Waals surface area contributed by atoms with E-state index >= 15 is 0 Å². The van der Waals surface area contributed by atoms with Crippen molar-refractivity contribution in [2.75, 3.05) is 25.0 Å². The second-order valence-electron chi connectivity index (χ2n) is 5.10. The van der Waals surface area contributed by atoms with Gasteiger partial charge in [-0.1, -0.05) is 12.1 Å². The molecule has 1 fully saturated rings. The Kier molecular flexibility index (Phi) is 3.85. The van der Waals surface area contributed by atoms with Gasteiger partial charge in [0.1, 0.15) is 0 Å². The molecule has 1 aliphatic rings. The summed E-state index contributed by atoms with van der Waals surface area (Å²) in [6, 6.07) is 5.90. The molecule has 1 aromatic carbocycles. The average molecular weight is 262 g/mol. The van der Waals surface area contributed by atoms with Crippen molar-refractivity contribution in [2.24, 2.45) is 5.92 Å². The first-order valence-corrected chi connectivity index (χ1v) is 6.28. The third-order valence-corrected chi connectivity index (χ3v) is 3.34. The van der Waals surface area contributed by atoms with Crippen LogP contribution in [0.2, 0.25) is 0 Å². The minimum atomic E-state index is -0.786. The van der Waals surface area contributed by atoms with E-state index in [0.29, 0.717) is 13.1 Å². The van der Waals surface area contributed by atoms with Crippen LogP contribution in [0, 0.1) is 19.8 Å². The molecule has 0 bridgehead atoms. The van der Waals surface area contributed by atoms with Crippen LogP contribution in [-0.4, -0.2) is 41.5 Å². The van der Waals surface area contributed by atoms with Crippen LogP contribution in [0.15, 0.2) is 18.2 Å². The smallest absolute Gasteiger partial charge is 0.309 e. The molecule has 5 heteroatoms. The van der Waals surface area contributed by atoms with E-state index in [2.05, 4.69) is 5.32 Å². The molecule has 0 unspecified atom stereocenters. The minimum Gasteiger partial charge on any atom is -0.481 e. The van der Waals surface area contributed by atoms with Gasteiger partial charge in [0.05, 0.1) is 12.5 Å². The number of rotatable bonds is 4. The van der Waals surface area contributed by atoms with Crippen LogP contribution in [0.1, 0.15) is 11.1 Å². The Bertz CT molecular complexity index is 507. The van der Waals surface area contributed by atoms with Crippen molar-refractivity contribution in [1.29, 1.82) is 0 Å². The van der Waals surface area contributed by atoms with E-state index in [4.69, 9.17) is 5.11 Å². The van der Waals surface area contributed by atoms with Crippen LogP contribution in [0.5, 0.6) is 0 Å². The predicted octanol–water partition coefficient (Wildman–Crippen LogP) is 1.26. The van der Waals surface area contributed by atoms with Crippen LogP contribution < -0.4 is 5.32 Å². The zero-order chi connectivity index (χ0) is 14.0. The first-order valence-electron chi connectivity index (χ1n) is 6.28. The largest absolute Gasteiger partial charge is 0.481 e. The van der Waals surface area contributed by atoms with Crippen LogP contribution in [0.3, 0.4) is 0 Å². The minimum absolute atomic E-state index is 0.0995. The van der Waals surface area contributed by atoms with E-state index in [-0.39, 0.29) is 18.4 Å². The molecule has 0 saturated carbocycles. The van der Waals surface area contributed by atoms with Gasteiger partial charge in [0.25, 0.3) is 0 Å². The molecule has 0 aromatic heterocycles. The molecule has 5 nitrogen and oxygen atoms in total. The van der Waals surface area contributed by atoms with Gasteiger partial charge >= 0.3 is 5.97 Å². The fourth-order valence-electron chi connectivity index (χ4n) is 2.12. The number of carboxylic acids is 1. The zero-order valence-corrected chi connectivity index (χ0v) is 11.1. The summed E-state index contributed by atoms with van der Waals surface area (Å²) >= 11 is 0. The van der Waals surface area contributed by atoms with Gasteiger partial charge in [-0.05, 0) is 31.0 Å². The van der Waals surface area contributed by atoms with Gasteiger partial charge in [-0.25, -0.2) is 0 Å². The molecule has 0 radical (unpaired) electrons. The number of carbonyl (C=O) groups excluding carboxylic acids is 1. The number of benzene rings is 1. The second kappa shape index (κ2) is 5.40. The standard InChI is InChI=1S/C14H18N2O3/c1-9-3-4-10(2)12(5-9)15-13(17)8-16-6-11(7-16)14(18)19/h3-5,11H,6-8H2,1-2H3,(H,15,17)(H,18,19). The van der Waals surface area contributed by atoms with Crippen molar-refractivity contribution in [3.63, 3.8) is 0 Å². The Morgan fingerprint density at radius 2 is 2.05 bits per heavy atom. The number of nitrogens with one attached hydrogen (secondary N) is 1. The molecular weight excluding hydrogens is 244 g/mol. The van der Waals surface area contributed by atoms with E-state index in [1.165, 1.54) is 0 Å². The number of aliphatic carboxylic acids is 1. The van der Waals surface area contributed by atoms with Crippen molar-refractivity contribution in [3.8, 4) is 0 Å². The molecule has 1 aliphatic heterocycles. The van der Waals surface area contributed by atoms with Crippen LogP contribution in [-0.2, 0) is 9.59 Å². The van der Waals surface area contributed by atoms with Crippen molar-refractivity contribution in [2.45, 2.75) is 13.8 Å². The van der Waals surface area contributed by atoms with Gasteiger partial charge in [-0.15, -0.1) is 0 Å². The van der Waals surface area contributed by atoms with E-state index in [0.717, 1.165) is 16.8 Å². The lowest BCUT2D eigenvalue weighted by atomic mass is 10.0. The zero-order valence-electron chi connectivity index (χ0n) is 11.1. The highest BCUT2D eigenvalue weighted by molar-refractivity contribution is 5.93. The Balaban J connectivity index is 1.85. The molecular formula is C14H18N2O3. The topological polar surface area (TPSA) is 69.6 Å². The van der Waals surface area contributed by atoms with E-state index in [1.807, 2.05) is 36.9 Å². The summed E-state index contributed by atoms with van der Waals surface area (Å²) in [6.07, 6.45) is 0. The van der Waals surface area contributed by atoms with Crippen molar-refractivity contribution in [1.82, 2.24) is 4.90 Å². The molecule has 1 aromatic rings. The highest BCUT2D eigenvalue weighted by Crippen LogP contribution is 2.18. The number of aryl methyl sites for hydroxylation is 2. The molecule has 0 spiro atoms. The molecule has 102 valence electrons. The molecule has 2 rings (SSSR count). The summed E-state index contributed by atoms with van der Waals surface area (Å²) in [7, 11) is 0. The number of carboxylic acid groups (broad SMARTS) is 1. The van der Waals surface area contributed by atoms with Crippen LogP contribution in [0.25, 0.3) is 0 Å². The Morgan fingerprint density at radius 1 is 1.37 bits per heavy atom. The normalized spacial score (nSPS) is 15.9. The second-order valence-corrected chi connectivity index (χ2v) is 5.10. The predicted molar refractivity (Wildman–Crippen MR) is 72.1 cm³/mol. The summed E-state index contributed by atoms with van der Waals surface area (Å²) in [5.74, 6) is -1.21. The average Bonchev–Trinajstić information content (AvgIpc) is 2.27. The first kappa shape index (κ1) is 13.5. The quantitative estimate of drug-likeness (QED) is 0.857. The maximum absolute atomic E-state index is 11.9. The number of amides is 1. The summed E-state index contributed by atoms with van der Waals surface area (Å²) in [5.41, 5.74) is 2.93. The monoisotopic (exact) mass is 262 g/mol. The van der Waals surface area contributed by atoms with Gasteiger partial charge in [0.2, 0.25) is 5.91 Å². The van der Waals surface area contributed by atoms with Gasteiger partial charge in [0.15, 0.2) is 0 Å². The van der Waals surface area contributed by atoms with Gasteiger partial charge in [-0.3, -0.25) is 14.5 Å². The molecule has 2 N–H and O–H groups in total. The lowest BCUT2D eigenvalue weighted by molar-refractivity contribution is -0.148. The first-order chi connectivity index (χ1) is 8.95. The molecule has 19 heavy (non-hydrogen) atoms.